The number of benzene rings is 2. The molecular weight excluding hydrogens is 374 g/mol. The van der Waals surface area contributed by atoms with Gasteiger partial charge in [-0.05, 0) is 61.4 Å². The van der Waals surface area contributed by atoms with Crippen LogP contribution in [-0.2, 0) is 11.4 Å². The number of aryl methyl sites for hydroxylation is 1. The molecule has 0 saturated carbocycles. The second-order valence-electron chi connectivity index (χ2n) is 7.30. The summed E-state index contributed by atoms with van der Waals surface area (Å²) in [7, 11) is 3.27. The smallest absolute Gasteiger partial charge is 0.264 e. The van der Waals surface area contributed by atoms with Crippen LogP contribution in [0.2, 0.25) is 0 Å². The van der Waals surface area contributed by atoms with E-state index in [0.717, 1.165) is 34.0 Å². The van der Waals surface area contributed by atoms with Crippen molar-refractivity contribution in [2.45, 2.75) is 20.5 Å². The first kappa shape index (κ1) is 20.9. The van der Waals surface area contributed by atoms with E-state index >= 15 is 0 Å². The van der Waals surface area contributed by atoms with Crippen molar-refractivity contribution >= 4 is 12.0 Å². The lowest BCUT2D eigenvalue weighted by atomic mass is 10.1. The molecule has 1 amide bonds. The number of carbonyl (C=O) groups excluding carboxylic acids is 1. The Hall–Kier alpha value is -3.78. The van der Waals surface area contributed by atoms with E-state index in [2.05, 4.69) is 4.57 Å². The SMILES string of the molecule is Cc1cc(/C=C(/C#N)C(=O)N(C)C)c(C)n1-c1ccc(OCc2ccccc2)cc1. The number of likely N-dealkylation sites (N-methyl/N-ethyl adjacent to an activating group) is 1. The average Bonchev–Trinajstić information content (AvgIpc) is 3.04. The van der Waals surface area contributed by atoms with Crippen molar-refractivity contribution in [1.29, 1.82) is 5.26 Å². The molecule has 0 spiro atoms. The minimum atomic E-state index is -0.303. The van der Waals surface area contributed by atoms with E-state index in [-0.39, 0.29) is 11.5 Å². The Morgan fingerprint density at radius 2 is 1.77 bits per heavy atom. The quantitative estimate of drug-likeness (QED) is 0.447. The number of hydrogen-bond donors (Lipinski definition) is 0. The van der Waals surface area contributed by atoms with Gasteiger partial charge in [-0.25, -0.2) is 0 Å². The Morgan fingerprint density at radius 3 is 2.37 bits per heavy atom. The second kappa shape index (κ2) is 9.15. The van der Waals surface area contributed by atoms with Gasteiger partial charge in [0, 0.05) is 31.2 Å². The largest absolute Gasteiger partial charge is 0.489 e. The van der Waals surface area contributed by atoms with Crippen molar-refractivity contribution in [2.75, 3.05) is 14.1 Å². The number of nitrogens with zero attached hydrogens (tertiary/aromatic N) is 3. The zero-order valence-electron chi connectivity index (χ0n) is 17.7. The van der Waals surface area contributed by atoms with Gasteiger partial charge in [0.25, 0.3) is 5.91 Å². The summed E-state index contributed by atoms with van der Waals surface area (Å²) in [6.07, 6.45) is 1.65. The molecule has 2 aromatic carbocycles. The number of carbonyl (C=O) groups is 1. The normalized spacial score (nSPS) is 11.1. The van der Waals surface area contributed by atoms with Crippen LogP contribution < -0.4 is 4.74 Å². The van der Waals surface area contributed by atoms with Crippen LogP contribution in [-0.4, -0.2) is 29.5 Å². The Kier molecular flexibility index (Phi) is 6.38. The van der Waals surface area contributed by atoms with E-state index < -0.39 is 0 Å². The summed E-state index contributed by atoms with van der Waals surface area (Å²) in [4.78, 5) is 13.6. The van der Waals surface area contributed by atoms with Gasteiger partial charge in [-0.3, -0.25) is 4.79 Å². The zero-order chi connectivity index (χ0) is 21.7. The number of ether oxygens (including phenoxy) is 1. The Labute approximate surface area is 177 Å². The summed E-state index contributed by atoms with van der Waals surface area (Å²) in [5.41, 5.74) is 5.06. The van der Waals surface area contributed by atoms with Crippen LogP contribution in [0.1, 0.15) is 22.5 Å². The molecule has 0 radical (unpaired) electrons. The maximum atomic E-state index is 12.2. The van der Waals surface area contributed by atoms with E-state index in [4.69, 9.17) is 4.74 Å². The van der Waals surface area contributed by atoms with Crippen molar-refractivity contribution in [3.8, 4) is 17.5 Å². The van der Waals surface area contributed by atoms with Gasteiger partial charge in [-0.2, -0.15) is 5.26 Å². The number of amides is 1. The summed E-state index contributed by atoms with van der Waals surface area (Å²) in [6.45, 7) is 4.51. The first-order chi connectivity index (χ1) is 14.4. The topological polar surface area (TPSA) is 58.3 Å². The Bertz CT molecular complexity index is 1100. The molecule has 0 aliphatic rings. The lowest BCUT2D eigenvalue weighted by Gasteiger charge is -2.12. The van der Waals surface area contributed by atoms with Crippen LogP contribution in [0.15, 0.2) is 66.2 Å². The number of nitriles is 1. The predicted octanol–water partition coefficient (Wildman–Crippen LogP) is 4.67. The van der Waals surface area contributed by atoms with Crippen molar-refractivity contribution in [1.82, 2.24) is 9.47 Å². The van der Waals surface area contributed by atoms with E-state index in [1.54, 1.807) is 20.2 Å². The highest BCUT2D eigenvalue weighted by Gasteiger charge is 2.15. The molecule has 0 fully saturated rings. The van der Waals surface area contributed by atoms with Crippen molar-refractivity contribution in [3.05, 3.63) is 88.8 Å². The minimum Gasteiger partial charge on any atom is -0.489 e. The highest BCUT2D eigenvalue weighted by molar-refractivity contribution is 6.01. The van der Waals surface area contributed by atoms with Crippen LogP contribution in [0.3, 0.4) is 0 Å². The third-order valence-electron chi connectivity index (χ3n) is 4.87. The fourth-order valence-electron chi connectivity index (χ4n) is 3.30. The molecule has 0 aliphatic heterocycles. The predicted molar refractivity (Wildman–Crippen MR) is 118 cm³/mol. The van der Waals surface area contributed by atoms with Gasteiger partial charge in [-0.1, -0.05) is 30.3 Å². The first-order valence-corrected chi connectivity index (χ1v) is 9.70. The number of aromatic nitrogens is 1. The molecule has 152 valence electrons. The molecule has 0 N–H and O–H groups in total. The van der Waals surface area contributed by atoms with Gasteiger partial charge in [-0.15, -0.1) is 0 Å². The highest BCUT2D eigenvalue weighted by Crippen LogP contribution is 2.25. The number of hydrogen-bond acceptors (Lipinski definition) is 3. The highest BCUT2D eigenvalue weighted by atomic mass is 16.5. The van der Waals surface area contributed by atoms with Gasteiger partial charge in [0.1, 0.15) is 24.0 Å². The summed E-state index contributed by atoms with van der Waals surface area (Å²) in [6, 6.07) is 21.9. The van der Waals surface area contributed by atoms with Crippen molar-refractivity contribution in [2.24, 2.45) is 0 Å². The standard InChI is InChI=1S/C25H25N3O2/c1-18-14-21(15-22(16-26)25(29)27(3)4)19(2)28(18)23-10-12-24(13-11-23)30-17-20-8-6-5-7-9-20/h5-15H,17H2,1-4H3/b22-15-. The monoisotopic (exact) mass is 399 g/mol. The molecule has 5 heteroatoms. The van der Waals surface area contributed by atoms with Crippen molar-refractivity contribution in [3.63, 3.8) is 0 Å². The third kappa shape index (κ3) is 4.61. The summed E-state index contributed by atoms with van der Waals surface area (Å²) in [5, 5.41) is 9.37. The summed E-state index contributed by atoms with van der Waals surface area (Å²) in [5.74, 6) is 0.496. The molecular formula is C25H25N3O2. The van der Waals surface area contributed by atoms with E-state index in [1.807, 2.05) is 80.6 Å². The molecule has 5 nitrogen and oxygen atoms in total. The van der Waals surface area contributed by atoms with Crippen LogP contribution in [0.4, 0.5) is 0 Å². The number of rotatable bonds is 6. The van der Waals surface area contributed by atoms with Crippen LogP contribution >= 0.6 is 0 Å². The zero-order valence-corrected chi connectivity index (χ0v) is 17.7. The molecule has 3 rings (SSSR count). The third-order valence-corrected chi connectivity index (χ3v) is 4.87. The average molecular weight is 399 g/mol. The van der Waals surface area contributed by atoms with Gasteiger partial charge >= 0.3 is 0 Å². The molecule has 0 atom stereocenters. The molecule has 0 bridgehead atoms. The fraction of sp³-hybridized carbons (Fsp3) is 0.200. The Morgan fingerprint density at radius 1 is 1.10 bits per heavy atom. The Balaban J connectivity index is 1.83. The van der Waals surface area contributed by atoms with Gasteiger partial charge in [0.05, 0.1) is 0 Å². The van der Waals surface area contributed by atoms with E-state index in [9.17, 15) is 10.1 Å². The van der Waals surface area contributed by atoms with Crippen LogP contribution in [0.25, 0.3) is 11.8 Å². The van der Waals surface area contributed by atoms with E-state index in [1.165, 1.54) is 4.90 Å². The molecule has 1 heterocycles. The maximum Gasteiger partial charge on any atom is 0.264 e. The molecule has 0 unspecified atom stereocenters. The van der Waals surface area contributed by atoms with E-state index in [0.29, 0.717) is 6.61 Å². The summed E-state index contributed by atoms with van der Waals surface area (Å²) < 4.78 is 7.97. The molecule has 1 aromatic heterocycles. The minimum absolute atomic E-state index is 0.116. The van der Waals surface area contributed by atoms with Gasteiger partial charge < -0.3 is 14.2 Å². The lowest BCUT2D eigenvalue weighted by Crippen LogP contribution is -2.22. The molecule has 3 aromatic rings. The molecule has 0 saturated heterocycles. The lowest BCUT2D eigenvalue weighted by molar-refractivity contribution is -0.124. The molecule has 30 heavy (non-hydrogen) atoms. The van der Waals surface area contributed by atoms with Crippen LogP contribution in [0, 0.1) is 25.2 Å². The maximum absolute atomic E-state index is 12.2. The fourth-order valence-corrected chi connectivity index (χ4v) is 3.30. The van der Waals surface area contributed by atoms with Gasteiger partial charge in [0.15, 0.2) is 0 Å². The molecule has 0 aliphatic carbocycles. The first-order valence-electron chi connectivity index (χ1n) is 9.70. The second-order valence-corrected chi connectivity index (χ2v) is 7.30. The van der Waals surface area contributed by atoms with Crippen molar-refractivity contribution < 1.29 is 9.53 Å². The van der Waals surface area contributed by atoms with Crippen LogP contribution in [0.5, 0.6) is 5.75 Å². The summed E-state index contributed by atoms with van der Waals surface area (Å²) >= 11 is 0. The van der Waals surface area contributed by atoms with Gasteiger partial charge in [0.2, 0.25) is 0 Å².